The molecule has 0 radical (unpaired) electrons. The number of hydrogen-bond acceptors (Lipinski definition) is 7. The van der Waals surface area contributed by atoms with Crippen molar-refractivity contribution in [2.45, 2.75) is 24.3 Å². The van der Waals surface area contributed by atoms with Crippen molar-refractivity contribution in [2.24, 2.45) is 0 Å². The Hall–Kier alpha value is -1.65. The molecule has 0 amide bonds. The van der Waals surface area contributed by atoms with E-state index in [9.17, 15) is 15.0 Å². The fraction of sp³-hybridized carbons (Fsp3) is 0.455. The van der Waals surface area contributed by atoms with E-state index in [1.165, 1.54) is 6.20 Å². The quantitative estimate of drug-likeness (QED) is 0.336. The third kappa shape index (κ3) is 2.39. The Morgan fingerprint density at radius 3 is 2.67 bits per heavy atom. The number of aliphatic hydroxyl groups is 3. The zero-order valence-corrected chi connectivity index (χ0v) is 11.6. The smallest absolute Gasteiger partial charge is 0.276 e. The second kappa shape index (κ2) is 5.62. The number of aromatic nitrogens is 3. The van der Waals surface area contributed by atoms with E-state index in [1.807, 2.05) is 0 Å². The van der Waals surface area contributed by atoms with Crippen LogP contribution in [0, 0.1) is 0 Å². The molecule has 0 unspecified atom stereocenters. The van der Waals surface area contributed by atoms with Crippen LogP contribution < -0.4 is 16.6 Å². The van der Waals surface area contributed by atoms with Gasteiger partial charge in [-0.1, -0.05) is 0 Å². The lowest BCUT2D eigenvalue weighted by molar-refractivity contribution is 0.0196. The molecule has 9 nitrogen and oxygen atoms in total. The van der Waals surface area contributed by atoms with Crippen LogP contribution in [-0.4, -0.2) is 55.1 Å². The number of anilines is 1. The van der Waals surface area contributed by atoms with Gasteiger partial charge in [-0.25, -0.2) is 4.98 Å². The van der Waals surface area contributed by atoms with Crippen molar-refractivity contribution in [3.05, 3.63) is 22.1 Å². The Morgan fingerprint density at radius 1 is 1.33 bits per heavy atom. The summed E-state index contributed by atoms with van der Waals surface area (Å²) in [5.41, 5.74) is 6.18. The number of nitrogen functional groups attached to an aromatic ring is 1. The van der Waals surface area contributed by atoms with E-state index in [4.69, 9.17) is 10.8 Å². The molecule has 0 spiro atoms. The molecule has 10 heteroatoms. The first kappa shape index (κ1) is 15.7. The number of H-pyrrole nitrogens is 2. The zero-order chi connectivity index (χ0) is 14.4. The van der Waals surface area contributed by atoms with Crippen LogP contribution in [-0.2, 0) is 0 Å². The Bertz CT molecular complexity index is 701. The summed E-state index contributed by atoms with van der Waals surface area (Å²) >= 11 is 0. The summed E-state index contributed by atoms with van der Waals surface area (Å²) in [7, 11) is 0. The van der Waals surface area contributed by atoms with Crippen molar-refractivity contribution in [3.8, 4) is 0 Å². The van der Waals surface area contributed by atoms with Gasteiger partial charge in [0.15, 0.2) is 0 Å². The number of hydrogen-bond donors (Lipinski definition) is 7. The van der Waals surface area contributed by atoms with Gasteiger partial charge in [0.1, 0.15) is 17.1 Å². The Labute approximate surface area is 124 Å². The van der Waals surface area contributed by atoms with Gasteiger partial charge in [0.05, 0.1) is 24.8 Å². The Kier molecular flexibility index (Phi) is 4.21. The summed E-state index contributed by atoms with van der Waals surface area (Å²) in [5, 5.41) is 31.9. The number of nitrogens with two attached hydrogens (primary N) is 1. The summed E-state index contributed by atoms with van der Waals surface area (Å²) in [6.07, 6.45) is -0.692. The van der Waals surface area contributed by atoms with Crippen LogP contribution in [0.15, 0.2) is 11.0 Å². The van der Waals surface area contributed by atoms with E-state index < -0.39 is 29.9 Å². The lowest BCUT2D eigenvalue weighted by atomic mass is 10.0. The molecule has 3 heterocycles. The molecule has 116 valence electrons. The van der Waals surface area contributed by atoms with Crippen molar-refractivity contribution in [1.29, 1.82) is 0 Å². The van der Waals surface area contributed by atoms with Crippen LogP contribution in [0.5, 0.6) is 0 Å². The normalized spacial score (nSPS) is 28.7. The summed E-state index contributed by atoms with van der Waals surface area (Å²) < 4.78 is 0. The summed E-state index contributed by atoms with van der Waals surface area (Å²) in [6.45, 7) is -0.312. The van der Waals surface area contributed by atoms with Gasteiger partial charge in [-0.05, 0) is 0 Å². The number of rotatable bonds is 2. The van der Waals surface area contributed by atoms with E-state index in [0.29, 0.717) is 11.1 Å². The average molecular weight is 318 g/mol. The van der Waals surface area contributed by atoms with E-state index in [-0.39, 0.29) is 30.5 Å². The van der Waals surface area contributed by atoms with Gasteiger partial charge in [0, 0.05) is 11.8 Å². The first-order valence-corrected chi connectivity index (χ1v) is 6.12. The van der Waals surface area contributed by atoms with Gasteiger partial charge >= 0.3 is 0 Å². The molecule has 0 saturated carbocycles. The summed E-state index contributed by atoms with van der Waals surface area (Å²) in [5.74, 6) is -0.0323. The molecule has 3 rings (SSSR count). The number of nitrogens with one attached hydrogen (secondary N) is 3. The van der Waals surface area contributed by atoms with Gasteiger partial charge in [-0.3, -0.25) is 9.78 Å². The number of aromatic amines is 2. The summed E-state index contributed by atoms with van der Waals surface area (Å²) in [6, 6.07) is -1.29. The maximum absolute atomic E-state index is 11.7. The lowest BCUT2D eigenvalue weighted by Crippen LogP contribution is -2.35. The molecule has 21 heavy (non-hydrogen) atoms. The molecule has 2 aromatic heterocycles. The number of halogens is 1. The third-order valence-electron chi connectivity index (χ3n) is 3.61. The van der Waals surface area contributed by atoms with E-state index in [1.54, 1.807) is 0 Å². The largest absolute Gasteiger partial charge is 0.395 e. The molecular formula is C11H16ClN5O4. The van der Waals surface area contributed by atoms with Crippen molar-refractivity contribution in [2.75, 3.05) is 12.3 Å². The second-order valence-electron chi connectivity index (χ2n) is 4.83. The van der Waals surface area contributed by atoms with Crippen LogP contribution in [0.25, 0.3) is 11.0 Å². The molecule has 0 aromatic carbocycles. The molecule has 0 aliphatic carbocycles. The van der Waals surface area contributed by atoms with Crippen LogP contribution in [0.4, 0.5) is 5.95 Å². The zero-order valence-electron chi connectivity index (χ0n) is 10.8. The molecule has 0 bridgehead atoms. The number of nitrogens with zero attached hydrogens (tertiary/aromatic N) is 1. The standard InChI is InChI=1S/C11H15N5O4.ClH/c12-11-15-5-3(1-13-7(5)10(20)16-11)6-9(19)8(18)4(2-17)14-6;/h1,4,6,8-9,13-14,17-19H,2H2,(H3,12,15,16,20);1H/t4-,6+,8-,9+;/m1./s1. The van der Waals surface area contributed by atoms with E-state index in [0.717, 1.165) is 0 Å². The minimum absolute atomic E-state index is 0. The lowest BCUT2D eigenvalue weighted by Gasteiger charge is -2.14. The molecule has 4 atom stereocenters. The van der Waals surface area contributed by atoms with Crippen molar-refractivity contribution in [3.63, 3.8) is 0 Å². The second-order valence-corrected chi connectivity index (χ2v) is 4.83. The van der Waals surface area contributed by atoms with Gasteiger partial charge in [-0.2, -0.15) is 0 Å². The van der Waals surface area contributed by atoms with Crippen LogP contribution >= 0.6 is 12.4 Å². The minimum Gasteiger partial charge on any atom is -0.395 e. The van der Waals surface area contributed by atoms with Gasteiger partial charge in [-0.15, -0.1) is 12.4 Å². The topological polar surface area (TPSA) is 160 Å². The minimum atomic E-state index is -1.12. The van der Waals surface area contributed by atoms with E-state index >= 15 is 0 Å². The predicted octanol–water partition coefficient (Wildman–Crippen LogP) is -2.02. The van der Waals surface area contributed by atoms with Crippen molar-refractivity contribution >= 4 is 29.4 Å². The molecule has 1 fully saturated rings. The van der Waals surface area contributed by atoms with Gasteiger partial charge in [0.25, 0.3) is 5.56 Å². The molecular weight excluding hydrogens is 302 g/mol. The fourth-order valence-electron chi connectivity index (χ4n) is 2.59. The Balaban J connectivity index is 0.00000161. The van der Waals surface area contributed by atoms with Crippen LogP contribution in [0.1, 0.15) is 11.6 Å². The highest BCUT2D eigenvalue weighted by atomic mass is 35.5. The van der Waals surface area contributed by atoms with Crippen LogP contribution in [0.2, 0.25) is 0 Å². The van der Waals surface area contributed by atoms with E-state index in [2.05, 4.69) is 20.3 Å². The third-order valence-corrected chi connectivity index (χ3v) is 3.61. The fourth-order valence-corrected chi connectivity index (χ4v) is 2.59. The highest BCUT2D eigenvalue weighted by Gasteiger charge is 2.42. The maximum Gasteiger partial charge on any atom is 0.276 e. The predicted molar refractivity (Wildman–Crippen MR) is 77.1 cm³/mol. The van der Waals surface area contributed by atoms with Gasteiger partial charge < -0.3 is 31.4 Å². The first-order valence-electron chi connectivity index (χ1n) is 6.12. The van der Waals surface area contributed by atoms with Gasteiger partial charge in [0.2, 0.25) is 5.95 Å². The number of fused-ring (bicyclic) bond motifs is 1. The maximum atomic E-state index is 11.7. The SMILES string of the molecule is Cl.Nc1nc2c([C@@H]3N[C@H](CO)[C@@H](O)[C@H]3O)c[nH]c2c(=O)[nH]1. The van der Waals surface area contributed by atoms with Crippen molar-refractivity contribution in [1.82, 2.24) is 20.3 Å². The molecule has 8 N–H and O–H groups in total. The monoisotopic (exact) mass is 317 g/mol. The number of aliphatic hydroxyl groups excluding tert-OH is 3. The molecule has 1 aliphatic rings. The molecule has 1 aliphatic heterocycles. The highest BCUT2D eigenvalue weighted by Crippen LogP contribution is 2.30. The Morgan fingerprint density at radius 2 is 2.05 bits per heavy atom. The summed E-state index contributed by atoms with van der Waals surface area (Å²) in [4.78, 5) is 20.9. The first-order chi connectivity index (χ1) is 9.52. The average Bonchev–Trinajstić information content (AvgIpc) is 2.93. The molecule has 2 aromatic rings. The van der Waals surface area contributed by atoms with Crippen LogP contribution in [0.3, 0.4) is 0 Å². The molecule has 1 saturated heterocycles. The highest BCUT2D eigenvalue weighted by molar-refractivity contribution is 5.85. The van der Waals surface area contributed by atoms with Crippen molar-refractivity contribution < 1.29 is 15.3 Å².